The van der Waals surface area contributed by atoms with Gasteiger partial charge in [0.1, 0.15) is 11.5 Å². The molecule has 6 heteroatoms. The highest BCUT2D eigenvalue weighted by Gasteiger charge is 2.67. The van der Waals surface area contributed by atoms with E-state index in [0.29, 0.717) is 13.2 Å². The van der Waals surface area contributed by atoms with Crippen LogP contribution in [0.3, 0.4) is 0 Å². The number of benzene rings is 1. The molecule has 1 aromatic rings. The zero-order valence-electron chi connectivity index (χ0n) is 12.6. The van der Waals surface area contributed by atoms with Crippen molar-refractivity contribution >= 4 is 33.5 Å². The first kappa shape index (κ1) is 14.9. The average molecular weight is 378 g/mol. The number of halogens is 1. The number of carbonyl (C=O) groups is 2. The van der Waals surface area contributed by atoms with E-state index in [-0.39, 0.29) is 18.0 Å². The van der Waals surface area contributed by atoms with Gasteiger partial charge in [0, 0.05) is 4.47 Å². The van der Waals surface area contributed by atoms with E-state index in [1.54, 1.807) is 11.8 Å². The van der Waals surface area contributed by atoms with Crippen molar-refractivity contribution in [2.24, 2.45) is 11.8 Å². The van der Waals surface area contributed by atoms with Crippen LogP contribution >= 0.6 is 15.9 Å². The van der Waals surface area contributed by atoms with Crippen LogP contribution in [0.1, 0.15) is 6.92 Å². The Hall–Kier alpha value is -1.66. The second kappa shape index (κ2) is 5.18. The Bertz CT molecular complexity index is 718. The Morgan fingerprint density at radius 2 is 2.26 bits per heavy atom. The molecule has 120 valence electrons. The quantitative estimate of drug-likeness (QED) is 0.598. The van der Waals surface area contributed by atoms with Crippen LogP contribution in [-0.4, -0.2) is 36.7 Å². The van der Waals surface area contributed by atoms with Gasteiger partial charge < -0.3 is 14.4 Å². The van der Waals surface area contributed by atoms with Crippen LogP contribution in [0.5, 0.6) is 0 Å². The largest absolute Gasteiger partial charge is 0.466 e. The molecule has 4 rings (SSSR count). The topological polar surface area (TPSA) is 55.8 Å². The Morgan fingerprint density at radius 3 is 3.00 bits per heavy atom. The summed E-state index contributed by atoms with van der Waals surface area (Å²) in [5.41, 5.74) is 0.0818. The van der Waals surface area contributed by atoms with Gasteiger partial charge in [0.25, 0.3) is 0 Å². The molecular formula is C17H16BrNO4. The first-order valence-corrected chi connectivity index (χ1v) is 8.46. The SMILES string of the molecule is CCOC(=O)[C@H]1[C@H]2C(=O)N(c3ccccc3Br)C[C@]23C=C[C@H]1O3. The van der Waals surface area contributed by atoms with Crippen LogP contribution in [0.2, 0.25) is 0 Å². The number of anilines is 1. The highest BCUT2D eigenvalue weighted by Crippen LogP contribution is 2.53. The number of ether oxygens (including phenoxy) is 2. The molecule has 0 saturated carbocycles. The summed E-state index contributed by atoms with van der Waals surface area (Å²) in [7, 11) is 0. The number of rotatable bonds is 3. The second-order valence-corrected chi connectivity index (χ2v) is 6.88. The molecule has 3 aliphatic heterocycles. The fraction of sp³-hybridized carbons (Fsp3) is 0.412. The molecule has 23 heavy (non-hydrogen) atoms. The number of amides is 1. The van der Waals surface area contributed by atoms with Gasteiger partial charge in [-0.15, -0.1) is 0 Å². The van der Waals surface area contributed by atoms with Crippen LogP contribution in [-0.2, 0) is 19.1 Å². The molecule has 0 N–H and O–H groups in total. The first-order valence-electron chi connectivity index (χ1n) is 7.67. The Morgan fingerprint density at radius 1 is 1.48 bits per heavy atom. The van der Waals surface area contributed by atoms with Crippen molar-refractivity contribution in [3.05, 3.63) is 40.9 Å². The van der Waals surface area contributed by atoms with Gasteiger partial charge in [0.2, 0.25) is 5.91 Å². The van der Waals surface area contributed by atoms with Crippen molar-refractivity contribution in [3.63, 3.8) is 0 Å². The van der Waals surface area contributed by atoms with Gasteiger partial charge in [-0.2, -0.15) is 0 Å². The molecule has 0 radical (unpaired) electrons. The minimum atomic E-state index is -0.714. The third-order valence-corrected chi connectivity index (χ3v) is 5.47. The summed E-state index contributed by atoms with van der Waals surface area (Å²) >= 11 is 3.49. The number of fused-ring (bicyclic) bond motifs is 1. The van der Waals surface area contributed by atoms with E-state index in [1.165, 1.54) is 0 Å². The molecule has 2 saturated heterocycles. The van der Waals surface area contributed by atoms with Crippen molar-refractivity contribution in [1.29, 1.82) is 0 Å². The lowest BCUT2D eigenvalue weighted by Gasteiger charge is -2.22. The Labute approximate surface area is 142 Å². The summed E-state index contributed by atoms with van der Waals surface area (Å²) in [5.74, 6) is -1.50. The van der Waals surface area contributed by atoms with Gasteiger partial charge in [0.05, 0.1) is 30.9 Å². The molecular weight excluding hydrogens is 362 g/mol. The fourth-order valence-electron chi connectivity index (χ4n) is 3.88. The summed E-state index contributed by atoms with van der Waals surface area (Å²) in [6, 6.07) is 7.56. The number of hydrogen-bond donors (Lipinski definition) is 0. The molecule has 0 aliphatic carbocycles. The maximum atomic E-state index is 13.0. The number of para-hydroxylation sites is 1. The third kappa shape index (κ3) is 2.01. The molecule has 3 heterocycles. The lowest BCUT2D eigenvalue weighted by atomic mass is 9.77. The molecule has 1 aromatic carbocycles. The van der Waals surface area contributed by atoms with Crippen molar-refractivity contribution in [3.8, 4) is 0 Å². The van der Waals surface area contributed by atoms with E-state index in [1.807, 2.05) is 36.4 Å². The van der Waals surface area contributed by atoms with Crippen molar-refractivity contribution in [1.82, 2.24) is 0 Å². The van der Waals surface area contributed by atoms with E-state index in [0.717, 1.165) is 10.2 Å². The van der Waals surface area contributed by atoms with Crippen molar-refractivity contribution < 1.29 is 19.1 Å². The van der Waals surface area contributed by atoms with E-state index in [4.69, 9.17) is 9.47 Å². The van der Waals surface area contributed by atoms with Crippen LogP contribution < -0.4 is 4.90 Å². The number of esters is 1. The highest BCUT2D eigenvalue weighted by atomic mass is 79.9. The lowest BCUT2D eigenvalue weighted by molar-refractivity contribution is -0.151. The molecule has 1 spiro atoms. The van der Waals surface area contributed by atoms with Gasteiger partial charge in [0.15, 0.2) is 0 Å². The Balaban J connectivity index is 1.71. The molecule has 2 fully saturated rings. The fourth-order valence-corrected chi connectivity index (χ4v) is 4.38. The molecule has 3 aliphatic rings. The van der Waals surface area contributed by atoms with Crippen LogP contribution in [0.4, 0.5) is 5.69 Å². The van der Waals surface area contributed by atoms with E-state index in [9.17, 15) is 9.59 Å². The molecule has 5 nitrogen and oxygen atoms in total. The van der Waals surface area contributed by atoms with Gasteiger partial charge in [-0.3, -0.25) is 9.59 Å². The maximum absolute atomic E-state index is 13.0. The Kier molecular flexibility index (Phi) is 3.35. The van der Waals surface area contributed by atoms with Gasteiger partial charge in [-0.1, -0.05) is 24.3 Å². The highest BCUT2D eigenvalue weighted by molar-refractivity contribution is 9.10. The van der Waals surface area contributed by atoms with E-state index < -0.39 is 17.4 Å². The molecule has 4 atom stereocenters. The predicted octanol–water partition coefficient (Wildman–Crippen LogP) is 2.30. The van der Waals surface area contributed by atoms with Crippen molar-refractivity contribution in [2.45, 2.75) is 18.6 Å². The monoisotopic (exact) mass is 377 g/mol. The van der Waals surface area contributed by atoms with Crippen molar-refractivity contribution in [2.75, 3.05) is 18.1 Å². The van der Waals surface area contributed by atoms with Gasteiger partial charge >= 0.3 is 5.97 Å². The van der Waals surface area contributed by atoms with E-state index in [2.05, 4.69) is 15.9 Å². The third-order valence-electron chi connectivity index (χ3n) is 4.80. The summed E-state index contributed by atoms with van der Waals surface area (Å²) in [4.78, 5) is 27.0. The lowest BCUT2D eigenvalue weighted by Crippen LogP contribution is -2.40. The molecule has 0 unspecified atom stereocenters. The minimum Gasteiger partial charge on any atom is -0.466 e. The molecule has 1 amide bonds. The van der Waals surface area contributed by atoms with Crippen LogP contribution in [0, 0.1) is 11.8 Å². The number of nitrogens with zero attached hydrogens (tertiary/aromatic N) is 1. The van der Waals surface area contributed by atoms with Gasteiger partial charge in [-0.25, -0.2) is 0 Å². The minimum absolute atomic E-state index is 0.0817. The zero-order chi connectivity index (χ0) is 16.2. The first-order chi connectivity index (χ1) is 11.1. The maximum Gasteiger partial charge on any atom is 0.312 e. The smallest absolute Gasteiger partial charge is 0.312 e. The zero-order valence-corrected chi connectivity index (χ0v) is 14.2. The van der Waals surface area contributed by atoms with Gasteiger partial charge in [-0.05, 0) is 35.0 Å². The number of carbonyl (C=O) groups excluding carboxylic acids is 2. The summed E-state index contributed by atoms with van der Waals surface area (Å²) in [6.45, 7) is 2.48. The summed E-state index contributed by atoms with van der Waals surface area (Å²) < 4.78 is 12.0. The standard InChI is InChI=1S/C17H16BrNO4/c1-2-22-16(21)13-12-7-8-17(23-12)9-19(15(20)14(13)17)11-6-4-3-5-10(11)18/h3-8,12-14H,2,9H2,1H3/t12-,13-,14+,17-/m1/s1. The molecule has 2 bridgehead atoms. The molecule has 0 aromatic heterocycles. The normalized spacial score (nSPS) is 34.1. The number of hydrogen-bond acceptors (Lipinski definition) is 4. The predicted molar refractivity (Wildman–Crippen MR) is 86.9 cm³/mol. The summed E-state index contributed by atoms with van der Waals surface area (Å²) in [5, 5.41) is 0. The summed E-state index contributed by atoms with van der Waals surface area (Å²) in [6.07, 6.45) is 3.46. The van der Waals surface area contributed by atoms with E-state index >= 15 is 0 Å². The average Bonchev–Trinajstić information content (AvgIpc) is 3.16. The van der Waals surface area contributed by atoms with Crippen LogP contribution in [0.15, 0.2) is 40.9 Å². The second-order valence-electron chi connectivity index (χ2n) is 6.03. The van der Waals surface area contributed by atoms with Crippen LogP contribution in [0.25, 0.3) is 0 Å².